The van der Waals surface area contributed by atoms with Gasteiger partial charge in [-0.15, -0.1) is 0 Å². The lowest BCUT2D eigenvalue weighted by Gasteiger charge is -2.17. The molecule has 0 aromatic heterocycles. The van der Waals surface area contributed by atoms with Gasteiger partial charge in [-0.25, -0.2) is 4.39 Å². The Morgan fingerprint density at radius 3 is 1.70 bits per heavy atom. The van der Waals surface area contributed by atoms with Crippen molar-refractivity contribution < 1.29 is 9.18 Å². The van der Waals surface area contributed by atoms with Gasteiger partial charge in [0.15, 0.2) is 5.78 Å². The Balaban J connectivity index is 1.90. The minimum Gasteiger partial charge on any atom is -0.294 e. The van der Waals surface area contributed by atoms with E-state index in [1.807, 2.05) is 60.7 Å². The third-order valence-corrected chi connectivity index (χ3v) is 3.96. The molecule has 0 saturated carbocycles. The van der Waals surface area contributed by atoms with Gasteiger partial charge in [-0.1, -0.05) is 60.7 Å². The zero-order chi connectivity index (χ0) is 16.1. The summed E-state index contributed by atoms with van der Waals surface area (Å²) in [5.41, 5.74) is 2.76. The van der Waals surface area contributed by atoms with Gasteiger partial charge >= 0.3 is 0 Å². The zero-order valence-corrected chi connectivity index (χ0v) is 12.7. The molecular weight excluding hydrogens is 287 g/mol. The molecule has 0 N–H and O–H groups in total. The van der Waals surface area contributed by atoms with Crippen LogP contribution >= 0.6 is 0 Å². The SMILES string of the molecule is O=C(CC(c1ccccc1)c1ccccc1)c1ccc(F)cc1. The Kier molecular flexibility index (Phi) is 4.62. The Morgan fingerprint density at radius 1 is 0.739 bits per heavy atom. The van der Waals surface area contributed by atoms with Crippen LogP contribution in [0.3, 0.4) is 0 Å². The number of benzene rings is 3. The maximum Gasteiger partial charge on any atom is 0.163 e. The third kappa shape index (κ3) is 3.72. The number of halogens is 1. The number of hydrogen-bond donors (Lipinski definition) is 0. The second-order valence-corrected chi connectivity index (χ2v) is 5.51. The molecule has 114 valence electrons. The van der Waals surface area contributed by atoms with Gasteiger partial charge in [0.1, 0.15) is 5.82 Å². The van der Waals surface area contributed by atoms with Crippen LogP contribution in [0.5, 0.6) is 0 Å². The summed E-state index contributed by atoms with van der Waals surface area (Å²) in [7, 11) is 0. The van der Waals surface area contributed by atoms with Crippen LogP contribution in [-0.4, -0.2) is 5.78 Å². The molecule has 0 fully saturated rings. The molecule has 0 aliphatic carbocycles. The Hall–Kier alpha value is -2.74. The van der Waals surface area contributed by atoms with Gasteiger partial charge < -0.3 is 0 Å². The minimum atomic E-state index is -0.329. The van der Waals surface area contributed by atoms with Crippen LogP contribution in [0.25, 0.3) is 0 Å². The summed E-state index contributed by atoms with van der Waals surface area (Å²) in [4.78, 5) is 12.6. The lowest BCUT2D eigenvalue weighted by molar-refractivity contribution is 0.0977. The quantitative estimate of drug-likeness (QED) is 0.590. The van der Waals surface area contributed by atoms with Gasteiger partial charge in [0.25, 0.3) is 0 Å². The highest BCUT2D eigenvalue weighted by Crippen LogP contribution is 2.29. The van der Waals surface area contributed by atoms with Crippen LogP contribution in [0.2, 0.25) is 0 Å². The van der Waals surface area contributed by atoms with Crippen LogP contribution in [-0.2, 0) is 0 Å². The Labute approximate surface area is 135 Å². The van der Waals surface area contributed by atoms with Crippen molar-refractivity contribution in [2.75, 3.05) is 0 Å². The van der Waals surface area contributed by atoms with Crippen LogP contribution in [0.4, 0.5) is 4.39 Å². The molecule has 2 heteroatoms. The van der Waals surface area contributed by atoms with E-state index in [0.29, 0.717) is 12.0 Å². The van der Waals surface area contributed by atoms with E-state index in [0.717, 1.165) is 11.1 Å². The van der Waals surface area contributed by atoms with Gasteiger partial charge in [-0.05, 0) is 35.4 Å². The summed E-state index contributed by atoms with van der Waals surface area (Å²) >= 11 is 0. The zero-order valence-electron chi connectivity index (χ0n) is 12.7. The number of hydrogen-bond acceptors (Lipinski definition) is 1. The fourth-order valence-corrected chi connectivity index (χ4v) is 2.74. The first-order chi connectivity index (χ1) is 11.2. The summed E-state index contributed by atoms with van der Waals surface area (Å²) in [6, 6.07) is 25.7. The molecule has 0 heterocycles. The van der Waals surface area contributed by atoms with Gasteiger partial charge in [-0.2, -0.15) is 0 Å². The van der Waals surface area contributed by atoms with E-state index < -0.39 is 0 Å². The van der Waals surface area contributed by atoms with Crippen LogP contribution in [0, 0.1) is 5.82 Å². The lowest BCUT2D eigenvalue weighted by atomic mass is 9.86. The highest BCUT2D eigenvalue weighted by atomic mass is 19.1. The summed E-state index contributed by atoms with van der Waals surface area (Å²) in [6.07, 6.45) is 0.361. The van der Waals surface area contributed by atoms with Crippen molar-refractivity contribution in [2.24, 2.45) is 0 Å². The van der Waals surface area contributed by atoms with Gasteiger partial charge in [0, 0.05) is 17.9 Å². The molecule has 3 aromatic carbocycles. The predicted octanol–water partition coefficient (Wildman–Crippen LogP) is 5.23. The van der Waals surface area contributed by atoms with Crippen molar-refractivity contribution in [3.63, 3.8) is 0 Å². The van der Waals surface area contributed by atoms with Crippen molar-refractivity contribution in [1.29, 1.82) is 0 Å². The average Bonchev–Trinajstić information content (AvgIpc) is 2.61. The third-order valence-electron chi connectivity index (χ3n) is 3.96. The van der Waals surface area contributed by atoms with E-state index in [1.54, 1.807) is 12.1 Å². The molecule has 0 amide bonds. The smallest absolute Gasteiger partial charge is 0.163 e. The minimum absolute atomic E-state index is 0.00467. The largest absolute Gasteiger partial charge is 0.294 e. The number of carbonyl (C=O) groups is 1. The van der Waals surface area contributed by atoms with E-state index in [9.17, 15) is 9.18 Å². The van der Waals surface area contributed by atoms with Gasteiger partial charge in [-0.3, -0.25) is 4.79 Å². The number of rotatable bonds is 5. The van der Waals surface area contributed by atoms with Gasteiger partial charge in [0.05, 0.1) is 0 Å². The first kappa shape index (κ1) is 15.2. The molecule has 23 heavy (non-hydrogen) atoms. The number of carbonyl (C=O) groups excluding carboxylic acids is 1. The normalized spacial score (nSPS) is 10.7. The van der Waals surface area contributed by atoms with E-state index in [4.69, 9.17) is 0 Å². The maximum absolute atomic E-state index is 13.0. The first-order valence-electron chi connectivity index (χ1n) is 7.62. The highest BCUT2D eigenvalue weighted by Gasteiger charge is 2.19. The van der Waals surface area contributed by atoms with E-state index >= 15 is 0 Å². The van der Waals surface area contributed by atoms with Crippen molar-refractivity contribution in [2.45, 2.75) is 12.3 Å². The van der Waals surface area contributed by atoms with Crippen molar-refractivity contribution in [3.05, 3.63) is 107 Å². The summed E-state index contributed by atoms with van der Waals surface area (Å²) < 4.78 is 13.0. The van der Waals surface area contributed by atoms with Crippen molar-refractivity contribution in [3.8, 4) is 0 Å². The molecule has 1 nitrogen and oxygen atoms in total. The second kappa shape index (κ2) is 7.01. The van der Waals surface area contributed by atoms with E-state index in [2.05, 4.69) is 0 Å². The first-order valence-corrected chi connectivity index (χ1v) is 7.62. The van der Waals surface area contributed by atoms with Gasteiger partial charge in [0.2, 0.25) is 0 Å². The maximum atomic E-state index is 13.0. The Bertz CT molecular complexity index is 724. The molecule has 0 atom stereocenters. The fraction of sp³-hybridized carbons (Fsp3) is 0.0952. The molecule has 0 saturated heterocycles. The molecule has 0 bridgehead atoms. The lowest BCUT2D eigenvalue weighted by Crippen LogP contribution is -2.09. The highest BCUT2D eigenvalue weighted by molar-refractivity contribution is 5.96. The molecule has 3 rings (SSSR count). The van der Waals surface area contributed by atoms with E-state index in [1.165, 1.54) is 12.1 Å². The molecule has 0 aliphatic heterocycles. The second-order valence-electron chi connectivity index (χ2n) is 5.51. The average molecular weight is 304 g/mol. The molecule has 0 aliphatic rings. The Morgan fingerprint density at radius 2 is 1.22 bits per heavy atom. The van der Waals surface area contributed by atoms with Crippen LogP contribution in [0.15, 0.2) is 84.9 Å². The summed E-state index contributed by atoms with van der Waals surface area (Å²) in [6.45, 7) is 0. The molecule has 0 spiro atoms. The monoisotopic (exact) mass is 304 g/mol. The van der Waals surface area contributed by atoms with Crippen LogP contribution < -0.4 is 0 Å². The number of ketones is 1. The predicted molar refractivity (Wildman–Crippen MR) is 90.1 cm³/mol. The molecule has 0 unspecified atom stereocenters. The summed E-state index contributed by atoms with van der Waals surface area (Å²) in [5, 5.41) is 0. The van der Waals surface area contributed by atoms with Crippen molar-refractivity contribution in [1.82, 2.24) is 0 Å². The standard InChI is InChI=1S/C21H17FO/c22-19-13-11-18(12-14-19)21(23)15-20(16-7-3-1-4-8-16)17-9-5-2-6-10-17/h1-14,20H,15H2. The number of Topliss-reactive ketones (excluding diaryl/α,β-unsaturated/α-hetero) is 1. The van der Waals surface area contributed by atoms with E-state index in [-0.39, 0.29) is 17.5 Å². The summed E-state index contributed by atoms with van der Waals surface area (Å²) in [5.74, 6) is -0.318. The van der Waals surface area contributed by atoms with Crippen LogP contribution in [0.1, 0.15) is 33.8 Å². The molecule has 3 aromatic rings. The molecule has 0 radical (unpaired) electrons. The fourth-order valence-electron chi connectivity index (χ4n) is 2.74. The van der Waals surface area contributed by atoms with Crippen molar-refractivity contribution >= 4 is 5.78 Å². The topological polar surface area (TPSA) is 17.1 Å². The molecular formula is C21H17FO.